The molecule has 0 fully saturated rings. The molecule has 2 nitrogen and oxygen atoms in total. The van der Waals surface area contributed by atoms with E-state index < -0.39 is 0 Å². The van der Waals surface area contributed by atoms with E-state index in [0.29, 0.717) is 15.7 Å². The van der Waals surface area contributed by atoms with Gasteiger partial charge in [-0.3, -0.25) is 4.99 Å². The van der Waals surface area contributed by atoms with Crippen LogP contribution in [-0.2, 0) is 0 Å². The summed E-state index contributed by atoms with van der Waals surface area (Å²) in [6, 6.07) is 24.0. The first-order valence-corrected chi connectivity index (χ1v) is 8.62. The molecule has 0 saturated heterocycles. The van der Waals surface area contributed by atoms with E-state index in [1.165, 1.54) is 10.8 Å². The van der Waals surface area contributed by atoms with Crippen LogP contribution in [0.2, 0.25) is 10.0 Å². The molecule has 1 heterocycles. The van der Waals surface area contributed by atoms with Crippen LogP contribution in [0, 0.1) is 0 Å². The summed E-state index contributed by atoms with van der Waals surface area (Å²) in [7, 11) is 0. The van der Waals surface area contributed by atoms with E-state index in [-0.39, 0.29) is 0 Å². The van der Waals surface area contributed by atoms with Crippen molar-refractivity contribution in [3.8, 4) is 5.69 Å². The lowest BCUT2D eigenvalue weighted by molar-refractivity contribution is 1.07. The third-order valence-electron chi connectivity index (χ3n) is 4.04. The summed E-state index contributed by atoms with van der Waals surface area (Å²) in [5.41, 5.74) is 2.76. The Bertz CT molecular complexity index is 1080. The van der Waals surface area contributed by atoms with Gasteiger partial charge in [-0.25, -0.2) is 0 Å². The molecule has 0 spiro atoms. The Morgan fingerprint density at radius 1 is 0.800 bits per heavy atom. The summed E-state index contributed by atoms with van der Waals surface area (Å²) < 4.78 is 2.10. The summed E-state index contributed by atoms with van der Waals surface area (Å²) in [6.45, 7) is 0. The number of nitrogens with zero attached hydrogens (tertiary/aromatic N) is 2. The van der Waals surface area contributed by atoms with E-state index in [9.17, 15) is 0 Å². The first kappa shape index (κ1) is 15.9. The van der Waals surface area contributed by atoms with Crippen molar-refractivity contribution in [1.29, 1.82) is 0 Å². The monoisotopic (exact) mass is 364 g/mol. The van der Waals surface area contributed by atoms with Crippen molar-refractivity contribution in [2.45, 2.75) is 0 Å². The van der Waals surface area contributed by atoms with Crippen molar-refractivity contribution >= 4 is 45.9 Å². The number of hydrogen-bond donors (Lipinski definition) is 0. The number of fused-ring (bicyclic) bond motifs is 1. The van der Waals surface area contributed by atoms with Crippen LogP contribution in [0.25, 0.3) is 16.5 Å². The highest BCUT2D eigenvalue weighted by atomic mass is 35.5. The third kappa shape index (κ3) is 3.32. The second-order valence-corrected chi connectivity index (χ2v) is 6.53. The second-order valence-electron chi connectivity index (χ2n) is 5.69. The molecule has 0 radical (unpaired) electrons. The predicted octanol–water partition coefficient (Wildman–Crippen LogP) is 6.69. The van der Waals surface area contributed by atoms with Gasteiger partial charge in [0, 0.05) is 16.9 Å². The summed E-state index contributed by atoms with van der Waals surface area (Å²) in [6.07, 6.45) is 3.83. The number of benzene rings is 3. The fraction of sp³-hybridized carbons (Fsp3) is 0. The van der Waals surface area contributed by atoms with E-state index in [1.54, 1.807) is 12.1 Å². The van der Waals surface area contributed by atoms with Crippen LogP contribution in [0.15, 0.2) is 84.0 Å². The van der Waals surface area contributed by atoms with Gasteiger partial charge >= 0.3 is 0 Å². The number of hydrogen-bond acceptors (Lipinski definition) is 1. The molecule has 0 unspecified atom stereocenters. The van der Waals surface area contributed by atoms with Crippen LogP contribution in [0.4, 0.5) is 5.69 Å². The first-order valence-electron chi connectivity index (χ1n) is 7.86. The normalized spacial score (nSPS) is 11.4. The fourth-order valence-electron chi connectivity index (χ4n) is 2.78. The molecule has 0 aliphatic carbocycles. The maximum absolute atomic E-state index is 6.19. The highest BCUT2D eigenvalue weighted by molar-refractivity contribution is 6.36. The molecule has 25 heavy (non-hydrogen) atoms. The van der Waals surface area contributed by atoms with Crippen LogP contribution in [0.1, 0.15) is 5.69 Å². The highest BCUT2D eigenvalue weighted by Crippen LogP contribution is 2.28. The molecule has 4 rings (SSSR count). The highest BCUT2D eigenvalue weighted by Gasteiger charge is 2.04. The van der Waals surface area contributed by atoms with Crippen LogP contribution in [0.3, 0.4) is 0 Å². The molecular weight excluding hydrogens is 351 g/mol. The van der Waals surface area contributed by atoms with Gasteiger partial charge in [-0.15, -0.1) is 0 Å². The molecule has 0 aliphatic rings. The lowest BCUT2D eigenvalue weighted by atomic mass is 10.1. The van der Waals surface area contributed by atoms with Crippen molar-refractivity contribution in [3.63, 3.8) is 0 Å². The van der Waals surface area contributed by atoms with Gasteiger partial charge in [0.1, 0.15) is 0 Å². The second kappa shape index (κ2) is 6.75. The van der Waals surface area contributed by atoms with E-state index >= 15 is 0 Å². The van der Waals surface area contributed by atoms with Gasteiger partial charge in [0.05, 0.1) is 22.6 Å². The molecule has 0 N–H and O–H groups in total. The predicted molar refractivity (Wildman–Crippen MR) is 107 cm³/mol. The van der Waals surface area contributed by atoms with E-state index in [0.717, 1.165) is 11.4 Å². The number of aromatic nitrogens is 1. The molecule has 0 saturated carbocycles. The molecule has 0 aliphatic heterocycles. The smallest absolute Gasteiger partial charge is 0.0817 e. The van der Waals surface area contributed by atoms with Gasteiger partial charge in [0.15, 0.2) is 0 Å². The van der Waals surface area contributed by atoms with Gasteiger partial charge in [0.2, 0.25) is 0 Å². The number of aliphatic imine (C=N–C) groups is 1. The van der Waals surface area contributed by atoms with Crippen LogP contribution in [-0.4, -0.2) is 10.8 Å². The molecule has 0 atom stereocenters. The van der Waals surface area contributed by atoms with Crippen molar-refractivity contribution in [2.24, 2.45) is 4.99 Å². The van der Waals surface area contributed by atoms with E-state index in [1.807, 2.05) is 42.7 Å². The Kier molecular flexibility index (Phi) is 4.31. The average Bonchev–Trinajstić information content (AvgIpc) is 3.09. The van der Waals surface area contributed by atoms with Gasteiger partial charge in [-0.2, -0.15) is 0 Å². The number of rotatable bonds is 3. The van der Waals surface area contributed by atoms with Gasteiger partial charge in [0.25, 0.3) is 0 Å². The number of halogens is 2. The Labute approximate surface area is 156 Å². The van der Waals surface area contributed by atoms with Gasteiger partial charge < -0.3 is 4.57 Å². The van der Waals surface area contributed by atoms with Crippen molar-refractivity contribution in [2.75, 3.05) is 0 Å². The standard InChI is InChI=1S/C21H14Cl2N2/c22-17-8-10-21(20(23)13-17)24-14-19-6-3-11-25(19)18-9-7-15-4-1-2-5-16(15)12-18/h1-14H. The summed E-state index contributed by atoms with van der Waals surface area (Å²) in [4.78, 5) is 4.50. The molecule has 122 valence electrons. The molecule has 4 aromatic rings. The lowest BCUT2D eigenvalue weighted by Gasteiger charge is -2.08. The minimum Gasteiger partial charge on any atom is -0.316 e. The van der Waals surface area contributed by atoms with Crippen molar-refractivity contribution in [1.82, 2.24) is 4.57 Å². The van der Waals surface area contributed by atoms with E-state index in [4.69, 9.17) is 23.2 Å². The zero-order valence-electron chi connectivity index (χ0n) is 13.2. The molecule has 0 amide bonds. The first-order chi connectivity index (χ1) is 12.2. The van der Waals surface area contributed by atoms with Crippen LogP contribution >= 0.6 is 23.2 Å². The Morgan fingerprint density at radius 2 is 1.64 bits per heavy atom. The Balaban J connectivity index is 1.71. The fourth-order valence-corrected chi connectivity index (χ4v) is 3.24. The largest absolute Gasteiger partial charge is 0.316 e. The molecule has 3 aromatic carbocycles. The van der Waals surface area contributed by atoms with E-state index in [2.05, 4.69) is 39.9 Å². The third-order valence-corrected chi connectivity index (χ3v) is 4.57. The summed E-state index contributed by atoms with van der Waals surface area (Å²) in [5.74, 6) is 0. The van der Waals surface area contributed by atoms with Crippen molar-refractivity contribution in [3.05, 3.63) is 94.7 Å². The maximum Gasteiger partial charge on any atom is 0.0817 e. The molecule has 4 heteroatoms. The topological polar surface area (TPSA) is 17.3 Å². The molecular formula is C21H14Cl2N2. The quantitative estimate of drug-likeness (QED) is 0.360. The minimum absolute atomic E-state index is 0.535. The average molecular weight is 365 g/mol. The molecule has 1 aromatic heterocycles. The minimum atomic E-state index is 0.535. The molecule has 0 bridgehead atoms. The van der Waals surface area contributed by atoms with Crippen LogP contribution < -0.4 is 0 Å². The Hall–Kier alpha value is -2.55. The zero-order valence-corrected chi connectivity index (χ0v) is 14.7. The SMILES string of the molecule is Clc1ccc(N=Cc2cccn2-c2ccc3ccccc3c2)c(Cl)c1. The summed E-state index contributed by atoms with van der Waals surface area (Å²) in [5, 5.41) is 3.56. The van der Waals surface area contributed by atoms with Crippen LogP contribution in [0.5, 0.6) is 0 Å². The van der Waals surface area contributed by atoms with Gasteiger partial charge in [-0.1, -0.05) is 53.5 Å². The van der Waals surface area contributed by atoms with Crippen molar-refractivity contribution < 1.29 is 0 Å². The lowest BCUT2D eigenvalue weighted by Crippen LogP contribution is -1.97. The Morgan fingerprint density at radius 3 is 2.48 bits per heavy atom. The zero-order chi connectivity index (χ0) is 17.2. The summed E-state index contributed by atoms with van der Waals surface area (Å²) >= 11 is 12.1. The maximum atomic E-state index is 6.19. The van der Waals surface area contributed by atoms with Gasteiger partial charge in [-0.05, 0) is 53.2 Å².